The maximum atomic E-state index is 12.8. The number of hydrogen-bond donors (Lipinski definition) is 2. The van der Waals surface area contributed by atoms with E-state index in [1.165, 1.54) is 17.4 Å². The molecule has 0 saturated carbocycles. The van der Waals surface area contributed by atoms with Crippen molar-refractivity contribution in [1.82, 2.24) is 15.2 Å². The Morgan fingerprint density at radius 3 is 2.44 bits per heavy atom. The van der Waals surface area contributed by atoms with E-state index in [9.17, 15) is 9.59 Å². The van der Waals surface area contributed by atoms with Crippen LogP contribution in [0, 0.1) is 0 Å². The molecule has 172 valence electrons. The van der Waals surface area contributed by atoms with Crippen molar-refractivity contribution in [3.63, 3.8) is 0 Å². The average molecular weight is 461 g/mol. The first kappa shape index (κ1) is 23.4. The van der Waals surface area contributed by atoms with Crippen molar-refractivity contribution in [1.29, 1.82) is 0 Å². The van der Waals surface area contributed by atoms with Crippen LogP contribution in [0.1, 0.15) is 30.0 Å². The number of hydrogen-bond acceptors (Lipinski definition) is 7. The number of amides is 3. The second-order valence-electron chi connectivity index (χ2n) is 7.44. The summed E-state index contributed by atoms with van der Waals surface area (Å²) in [7, 11) is 4.64. The molecule has 2 aromatic rings. The molecule has 0 radical (unpaired) electrons. The summed E-state index contributed by atoms with van der Waals surface area (Å²) < 4.78 is 16.0. The lowest BCUT2D eigenvalue weighted by Crippen LogP contribution is -2.34. The standard InChI is InChI=1S/C22H28N4O5S/c1-13(2)23-21(28)25-22-24-15-8-9-26(12-18(15)32-22)19(27)7-6-14-10-16(29-3)20(31-5)17(11-14)30-4/h6-7,10-11,13H,8-9,12H2,1-5H3,(H2,23,24,25,28)/b7-6+. The predicted molar refractivity (Wildman–Crippen MR) is 124 cm³/mol. The van der Waals surface area contributed by atoms with E-state index >= 15 is 0 Å². The fraction of sp³-hybridized carbons (Fsp3) is 0.409. The predicted octanol–water partition coefficient (Wildman–Crippen LogP) is 3.30. The normalized spacial score (nSPS) is 13.1. The van der Waals surface area contributed by atoms with Crippen molar-refractivity contribution in [2.75, 3.05) is 33.2 Å². The zero-order chi connectivity index (χ0) is 23.3. The lowest BCUT2D eigenvalue weighted by Gasteiger charge is -2.24. The van der Waals surface area contributed by atoms with E-state index in [1.807, 2.05) is 13.8 Å². The number of benzene rings is 1. The zero-order valence-corrected chi connectivity index (χ0v) is 19.7. The third-order valence-electron chi connectivity index (χ3n) is 4.79. The quantitative estimate of drug-likeness (QED) is 0.615. The Kier molecular flexibility index (Phi) is 7.57. The van der Waals surface area contributed by atoms with Crippen molar-refractivity contribution in [3.05, 3.63) is 34.3 Å². The molecular weight excluding hydrogens is 432 g/mol. The number of carbonyl (C=O) groups excluding carboxylic acids is 2. The zero-order valence-electron chi connectivity index (χ0n) is 18.9. The summed E-state index contributed by atoms with van der Waals surface area (Å²) in [6.07, 6.45) is 3.89. The van der Waals surface area contributed by atoms with Crippen LogP contribution in [0.2, 0.25) is 0 Å². The third-order valence-corrected chi connectivity index (χ3v) is 5.79. The van der Waals surface area contributed by atoms with Crippen molar-refractivity contribution in [2.24, 2.45) is 0 Å². The number of aromatic nitrogens is 1. The van der Waals surface area contributed by atoms with E-state index in [4.69, 9.17) is 14.2 Å². The molecule has 2 N–H and O–H groups in total. The minimum Gasteiger partial charge on any atom is -0.493 e. The van der Waals surface area contributed by atoms with Gasteiger partial charge in [-0.3, -0.25) is 10.1 Å². The first-order valence-electron chi connectivity index (χ1n) is 10.2. The molecule has 0 spiro atoms. The number of thiazole rings is 1. The molecule has 1 aromatic heterocycles. The molecule has 10 heteroatoms. The van der Waals surface area contributed by atoms with E-state index in [-0.39, 0.29) is 18.0 Å². The third kappa shape index (κ3) is 5.50. The van der Waals surface area contributed by atoms with Crippen LogP contribution >= 0.6 is 11.3 Å². The summed E-state index contributed by atoms with van der Waals surface area (Å²) in [5, 5.41) is 6.07. The molecule has 1 aromatic carbocycles. The molecule has 0 unspecified atom stereocenters. The van der Waals surface area contributed by atoms with E-state index in [1.54, 1.807) is 44.4 Å². The van der Waals surface area contributed by atoms with Gasteiger partial charge >= 0.3 is 6.03 Å². The highest BCUT2D eigenvalue weighted by Crippen LogP contribution is 2.38. The maximum absolute atomic E-state index is 12.8. The highest BCUT2D eigenvalue weighted by atomic mass is 32.1. The molecule has 9 nitrogen and oxygen atoms in total. The summed E-state index contributed by atoms with van der Waals surface area (Å²) in [6.45, 7) is 4.80. The van der Waals surface area contributed by atoms with Crippen LogP contribution in [0.15, 0.2) is 18.2 Å². The number of ether oxygens (including phenoxy) is 3. The summed E-state index contributed by atoms with van der Waals surface area (Å²) in [6, 6.07) is 3.31. The average Bonchev–Trinajstić information content (AvgIpc) is 3.16. The molecule has 1 aliphatic heterocycles. The molecule has 2 heterocycles. The number of urea groups is 1. The number of methoxy groups -OCH3 is 3. The number of anilines is 1. The van der Waals surface area contributed by atoms with Crippen LogP contribution in [-0.4, -0.2) is 55.7 Å². The SMILES string of the molecule is COc1cc(/C=C/C(=O)N2CCc3nc(NC(=O)NC(C)C)sc3C2)cc(OC)c1OC. The van der Waals surface area contributed by atoms with Crippen LogP contribution < -0.4 is 24.8 Å². The number of carbonyl (C=O) groups is 2. The van der Waals surface area contributed by atoms with E-state index in [2.05, 4.69) is 15.6 Å². The van der Waals surface area contributed by atoms with Crippen LogP contribution in [-0.2, 0) is 17.8 Å². The van der Waals surface area contributed by atoms with Crippen LogP contribution in [0.3, 0.4) is 0 Å². The summed E-state index contributed by atoms with van der Waals surface area (Å²) >= 11 is 1.39. The summed E-state index contributed by atoms with van der Waals surface area (Å²) in [4.78, 5) is 31.9. The maximum Gasteiger partial charge on any atom is 0.321 e. The summed E-state index contributed by atoms with van der Waals surface area (Å²) in [5.74, 6) is 1.43. The van der Waals surface area contributed by atoms with E-state index in [0.717, 1.165) is 16.1 Å². The first-order chi connectivity index (χ1) is 15.3. The number of rotatable bonds is 7. The van der Waals surface area contributed by atoms with E-state index in [0.29, 0.717) is 41.9 Å². The van der Waals surface area contributed by atoms with Crippen molar-refractivity contribution in [3.8, 4) is 17.2 Å². The topological polar surface area (TPSA) is 102 Å². The Bertz CT molecular complexity index is 993. The molecule has 3 amide bonds. The Labute approximate surface area is 191 Å². The van der Waals surface area contributed by atoms with Gasteiger partial charge in [-0.25, -0.2) is 9.78 Å². The van der Waals surface area contributed by atoms with Crippen molar-refractivity contribution < 1.29 is 23.8 Å². The van der Waals surface area contributed by atoms with Gasteiger partial charge in [-0.15, -0.1) is 0 Å². The minimum absolute atomic E-state index is 0.0372. The molecule has 3 rings (SSSR count). The lowest BCUT2D eigenvalue weighted by molar-refractivity contribution is -0.126. The second kappa shape index (κ2) is 10.4. The summed E-state index contributed by atoms with van der Waals surface area (Å²) in [5.41, 5.74) is 1.68. The molecule has 0 atom stereocenters. The Morgan fingerprint density at radius 1 is 1.16 bits per heavy atom. The fourth-order valence-electron chi connectivity index (χ4n) is 3.30. The Hall–Kier alpha value is -3.27. The van der Waals surface area contributed by atoms with Crippen molar-refractivity contribution in [2.45, 2.75) is 32.9 Å². The van der Waals surface area contributed by atoms with Crippen LogP contribution in [0.25, 0.3) is 6.08 Å². The minimum atomic E-state index is -0.285. The van der Waals surface area contributed by atoms with Gasteiger partial charge in [0.25, 0.3) is 0 Å². The Balaban J connectivity index is 1.68. The van der Waals surface area contributed by atoms with Gasteiger partial charge < -0.3 is 24.4 Å². The van der Waals surface area contributed by atoms with Gasteiger partial charge in [-0.05, 0) is 37.6 Å². The number of nitrogens with one attached hydrogen (secondary N) is 2. The lowest BCUT2D eigenvalue weighted by atomic mass is 10.1. The highest BCUT2D eigenvalue weighted by molar-refractivity contribution is 7.15. The molecular formula is C22H28N4O5S. The van der Waals surface area contributed by atoms with Gasteiger partial charge in [0.05, 0.1) is 33.6 Å². The molecule has 32 heavy (non-hydrogen) atoms. The second-order valence-corrected chi connectivity index (χ2v) is 8.53. The van der Waals surface area contributed by atoms with Crippen LogP contribution in [0.4, 0.5) is 9.93 Å². The van der Waals surface area contributed by atoms with Crippen molar-refractivity contribution >= 4 is 34.5 Å². The van der Waals surface area contributed by atoms with Gasteiger partial charge in [0.2, 0.25) is 11.7 Å². The molecule has 0 aliphatic carbocycles. The largest absolute Gasteiger partial charge is 0.493 e. The Morgan fingerprint density at radius 2 is 1.84 bits per heavy atom. The molecule has 0 fully saturated rings. The number of nitrogens with zero attached hydrogens (tertiary/aromatic N) is 2. The monoisotopic (exact) mass is 460 g/mol. The fourth-order valence-corrected chi connectivity index (χ4v) is 4.32. The number of fused-ring (bicyclic) bond motifs is 1. The molecule has 1 aliphatic rings. The highest BCUT2D eigenvalue weighted by Gasteiger charge is 2.23. The smallest absolute Gasteiger partial charge is 0.321 e. The van der Waals surface area contributed by atoms with Crippen LogP contribution in [0.5, 0.6) is 17.2 Å². The van der Waals surface area contributed by atoms with Gasteiger partial charge in [0.1, 0.15) is 0 Å². The van der Waals surface area contributed by atoms with Gasteiger partial charge in [0, 0.05) is 30.0 Å². The van der Waals surface area contributed by atoms with Gasteiger partial charge in [0.15, 0.2) is 16.6 Å². The van der Waals surface area contributed by atoms with Gasteiger partial charge in [-0.1, -0.05) is 11.3 Å². The molecule has 0 saturated heterocycles. The van der Waals surface area contributed by atoms with Gasteiger partial charge in [-0.2, -0.15) is 0 Å². The molecule has 0 bridgehead atoms. The first-order valence-corrected chi connectivity index (χ1v) is 11.0. The van der Waals surface area contributed by atoms with E-state index < -0.39 is 0 Å².